The Balaban J connectivity index is 2.48. The average Bonchev–Trinajstić information content (AvgIpc) is 2.52. The molecule has 1 unspecified atom stereocenters. The van der Waals surface area contributed by atoms with Crippen LogP contribution >= 0.6 is 11.8 Å². The molecule has 120 valence electrons. The van der Waals surface area contributed by atoms with Crippen LogP contribution in [0.25, 0.3) is 0 Å². The maximum absolute atomic E-state index is 11.9. The number of benzene rings is 1. The van der Waals surface area contributed by atoms with Crippen molar-refractivity contribution in [1.29, 1.82) is 0 Å². The monoisotopic (exact) mass is 320 g/mol. The van der Waals surface area contributed by atoms with Gasteiger partial charge in [-0.3, -0.25) is 9.59 Å². The lowest BCUT2D eigenvalue weighted by Crippen LogP contribution is -2.25. The van der Waals surface area contributed by atoms with Crippen molar-refractivity contribution in [2.75, 3.05) is 16.8 Å². The minimum atomic E-state index is -0.00903. The summed E-state index contributed by atoms with van der Waals surface area (Å²) in [4.78, 5) is 23.5. The van der Waals surface area contributed by atoms with Crippen LogP contribution in [-0.4, -0.2) is 23.3 Å². The fourth-order valence-corrected chi connectivity index (χ4v) is 2.27. The summed E-state index contributed by atoms with van der Waals surface area (Å²) < 4.78 is 0. The third kappa shape index (κ3) is 6.80. The second kappa shape index (κ2) is 10.1. The van der Waals surface area contributed by atoms with E-state index < -0.39 is 0 Å². The Kier molecular flexibility index (Phi) is 8.36. The first-order chi connectivity index (χ1) is 10.6. The van der Waals surface area contributed by atoms with Gasteiger partial charge < -0.3 is 10.6 Å². The van der Waals surface area contributed by atoms with E-state index in [2.05, 4.69) is 17.2 Å². The predicted octanol–water partition coefficient (Wildman–Crippen LogP) is 3.21. The van der Waals surface area contributed by atoms with Crippen LogP contribution in [0.15, 0.2) is 36.9 Å². The molecule has 0 saturated carbocycles. The molecule has 5 heteroatoms. The van der Waals surface area contributed by atoms with Crippen LogP contribution in [0, 0.1) is 5.92 Å². The number of rotatable bonds is 9. The summed E-state index contributed by atoms with van der Waals surface area (Å²) >= 11 is 1.53. The molecule has 1 atom stereocenters. The Morgan fingerprint density at radius 1 is 1.41 bits per heavy atom. The summed E-state index contributed by atoms with van der Waals surface area (Å²) in [6.45, 7) is 7.96. The van der Waals surface area contributed by atoms with Crippen LogP contribution in [0.2, 0.25) is 0 Å². The van der Waals surface area contributed by atoms with Gasteiger partial charge in [0.05, 0.1) is 5.75 Å². The molecule has 0 aliphatic carbocycles. The summed E-state index contributed by atoms with van der Waals surface area (Å²) in [5.74, 6) is 1.21. The van der Waals surface area contributed by atoms with E-state index in [1.165, 1.54) is 11.8 Å². The van der Waals surface area contributed by atoms with Gasteiger partial charge in [-0.25, -0.2) is 0 Å². The first-order valence-corrected chi connectivity index (χ1v) is 8.57. The van der Waals surface area contributed by atoms with E-state index in [1.54, 1.807) is 6.08 Å². The van der Waals surface area contributed by atoms with Crippen molar-refractivity contribution in [1.82, 2.24) is 5.32 Å². The highest BCUT2D eigenvalue weighted by Gasteiger charge is 2.10. The number of hydrogen-bond acceptors (Lipinski definition) is 3. The number of nitrogens with one attached hydrogen (secondary N) is 2. The van der Waals surface area contributed by atoms with Gasteiger partial charge in [-0.2, -0.15) is 0 Å². The Bertz CT molecular complexity index is 517. The van der Waals surface area contributed by atoms with Crippen LogP contribution in [0.4, 0.5) is 5.69 Å². The normalized spacial score (nSPS) is 11.5. The van der Waals surface area contributed by atoms with E-state index in [-0.39, 0.29) is 17.7 Å². The number of thioether (sulfide) groups is 1. The van der Waals surface area contributed by atoms with Crippen LogP contribution in [0.1, 0.15) is 25.8 Å². The molecular weight excluding hydrogens is 296 g/mol. The molecule has 0 saturated heterocycles. The molecule has 1 aromatic carbocycles. The Morgan fingerprint density at radius 2 is 2.18 bits per heavy atom. The minimum Gasteiger partial charge on any atom is -0.351 e. The topological polar surface area (TPSA) is 58.2 Å². The molecule has 0 bridgehead atoms. The molecule has 0 aliphatic heterocycles. The van der Waals surface area contributed by atoms with Gasteiger partial charge >= 0.3 is 0 Å². The van der Waals surface area contributed by atoms with E-state index >= 15 is 0 Å². The van der Waals surface area contributed by atoms with Crippen LogP contribution in [0.5, 0.6) is 0 Å². The van der Waals surface area contributed by atoms with Gasteiger partial charge in [0.15, 0.2) is 0 Å². The van der Waals surface area contributed by atoms with Crippen molar-refractivity contribution in [3.05, 3.63) is 42.5 Å². The van der Waals surface area contributed by atoms with Gasteiger partial charge in [0.1, 0.15) is 0 Å². The van der Waals surface area contributed by atoms with E-state index in [0.29, 0.717) is 12.3 Å². The Hall–Kier alpha value is -1.75. The quantitative estimate of drug-likeness (QED) is 0.542. The third-order valence-electron chi connectivity index (χ3n) is 3.21. The van der Waals surface area contributed by atoms with Crippen molar-refractivity contribution in [2.45, 2.75) is 26.8 Å². The maximum Gasteiger partial charge on any atom is 0.230 e. The molecule has 0 fully saturated rings. The highest BCUT2D eigenvalue weighted by atomic mass is 32.2. The summed E-state index contributed by atoms with van der Waals surface area (Å²) in [6, 6.07) is 7.54. The number of carbonyl (C=O) groups excluding carboxylic acids is 2. The summed E-state index contributed by atoms with van der Waals surface area (Å²) in [5.41, 5.74) is 1.72. The molecule has 2 amide bonds. The van der Waals surface area contributed by atoms with Crippen LogP contribution < -0.4 is 10.6 Å². The van der Waals surface area contributed by atoms with Crippen molar-refractivity contribution in [2.24, 2.45) is 5.92 Å². The fraction of sp³-hybridized carbons (Fsp3) is 0.412. The highest BCUT2D eigenvalue weighted by Crippen LogP contribution is 2.13. The number of carbonyl (C=O) groups is 2. The third-order valence-corrected chi connectivity index (χ3v) is 4.15. The van der Waals surface area contributed by atoms with Gasteiger partial charge in [-0.15, -0.1) is 18.3 Å². The Morgan fingerprint density at radius 3 is 2.86 bits per heavy atom. The van der Waals surface area contributed by atoms with Crippen LogP contribution in [0.3, 0.4) is 0 Å². The summed E-state index contributed by atoms with van der Waals surface area (Å²) in [5, 5.41) is 5.76. The number of hydrogen-bond donors (Lipinski definition) is 2. The zero-order valence-corrected chi connectivity index (χ0v) is 14.0. The first-order valence-electron chi connectivity index (χ1n) is 7.42. The van der Waals surface area contributed by atoms with E-state index in [4.69, 9.17) is 0 Å². The van der Waals surface area contributed by atoms with Gasteiger partial charge in [0.25, 0.3) is 0 Å². The van der Waals surface area contributed by atoms with Crippen molar-refractivity contribution in [3.8, 4) is 0 Å². The largest absolute Gasteiger partial charge is 0.351 e. The second-order valence-corrected chi connectivity index (χ2v) is 6.11. The molecule has 0 spiro atoms. The molecule has 0 radical (unpaired) electrons. The second-order valence-electron chi connectivity index (χ2n) is 5.08. The molecule has 2 N–H and O–H groups in total. The zero-order chi connectivity index (χ0) is 16.4. The molecule has 1 rings (SSSR count). The molecular formula is C17H24N2O2S. The van der Waals surface area contributed by atoms with Crippen molar-refractivity contribution >= 4 is 29.3 Å². The van der Waals surface area contributed by atoms with E-state index in [9.17, 15) is 9.59 Å². The standard InChI is InChI=1S/C17H24N2O2S/c1-4-9-22-12-16(20)18-11-14-7-6-8-15(10-14)19-17(21)13(3)5-2/h4,6-8,10,13H,1,5,9,11-12H2,2-3H3,(H,18,20)(H,19,21). The molecule has 0 aliphatic rings. The van der Waals surface area contributed by atoms with Gasteiger partial charge in [-0.1, -0.05) is 32.1 Å². The lowest BCUT2D eigenvalue weighted by molar-refractivity contribution is -0.120. The van der Waals surface area contributed by atoms with E-state index in [0.717, 1.165) is 23.4 Å². The summed E-state index contributed by atoms with van der Waals surface area (Å²) in [7, 11) is 0. The van der Waals surface area contributed by atoms with Gasteiger partial charge in [0, 0.05) is 23.9 Å². The van der Waals surface area contributed by atoms with Crippen molar-refractivity contribution < 1.29 is 9.59 Å². The molecule has 22 heavy (non-hydrogen) atoms. The summed E-state index contributed by atoms with van der Waals surface area (Å²) in [6.07, 6.45) is 2.59. The predicted molar refractivity (Wildman–Crippen MR) is 93.9 cm³/mol. The minimum absolute atomic E-state index is 0.000828. The smallest absolute Gasteiger partial charge is 0.230 e. The number of amides is 2. The first kappa shape index (κ1) is 18.3. The Labute approximate surface area is 136 Å². The molecule has 0 heterocycles. The zero-order valence-electron chi connectivity index (χ0n) is 13.2. The highest BCUT2D eigenvalue weighted by molar-refractivity contribution is 8.00. The number of anilines is 1. The SMILES string of the molecule is C=CCSCC(=O)NCc1cccc(NC(=O)C(C)CC)c1. The molecule has 1 aromatic rings. The fourth-order valence-electron chi connectivity index (χ4n) is 1.70. The van der Waals surface area contributed by atoms with Gasteiger partial charge in [0.2, 0.25) is 11.8 Å². The average molecular weight is 320 g/mol. The van der Waals surface area contributed by atoms with Gasteiger partial charge in [-0.05, 0) is 24.1 Å². The lowest BCUT2D eigenvalue weighted by Gasteiger charge is -2.11. The maximum atomic E-state index is 11.9. The lowest BCUT2D eigenvalue weighted by atomic mass is 10.1. The molecule has 0 aromatic heterocycles. The van der Waals surface area contributed by atoms with E-state index in [1.807, 2.05) is 38.1 Å². The van der Waals surface area contributed by atoms with Crippen LogP contribution in [-0.2, 0) is 16.1 Å². The molecule has 4 nitrogen and oxygen atoms in total. The van der Waals surface area contributed by atoms with Crippen molar-refractivity contribution in [3.63, 3.8) is 0 Å².